The summed E-state index contributed by atoms with van der Waals surface area (Å²) in [6.07, 6.45) is 2.23. The SMILES string of the molecule is CNCc1cccc(OCC(=O)N2CCCC2)c1. The van der Waals surface area contributed by atoms with Gasteiger partial charge in [-0.25, -0.2) is 0 Å². The standard InChI is InChI=1S/C14H20N2O2/c1-15-10-12-5-4-6-13(9-12)18-11-14(17)16-7-2-3-8-16/h4-6,9,15H,2-3,7-8,10-11H2,1H3. The van der Waals surface area contributed by atoms with Crippen molar-refractivity contribution in [2.24, 2.45) is 0 Å². The lowest BCUT2D eigenvalue weighted by atomic mass is 10.2. The summed E-state index contributed by atoms with van der Waals surface area (Å²) < 4.78 is 5.55. The van der Waals surface area contributed by atoms with Gasteiger partial charge in [-0.2, -0.15) is 0 Å². The van der Waals surface area contributed by atoms with Gasteiger partial charge >= 0.3 is 0 Å². The molecule has 0 aromatic heterocycles. The third-order valence-electron chi connectivity index (χ3n) is 3.10. The molecule has 2 rings (SSSR count). The fourth-order valence-corrected chi connectivity index (χ4v) is 2.15. The molecule has 98 valence electrons. The summed E-state index contributed by atoms with van der Waals surface area (Å²) in [7, 11) is 1.91. The Hall–Kier alpha value is -1.55. The van der Waals surface area contributed by atoms with Crippen LogP contribution in [0.4, 0.5) is 0 Å². The Labute approximate surface area is 108 Å². The van der Waals surface area contributed by atoms with Gasteiger partial charge in [-0.3, -0.25) is 4.79 Å². The van der Waals surface area contributed by atoms with E-state index in [0.29, 0.717) is 0 Å². The lowest BCUT2D eigenvalue weighted by Crippen LogP contribution is -2.32. The van der Waals surface area contributed by atoms with Gasteiger partial charge < -0.3 is 15.0 Å². The predicted octanol–water partition coefficient (Wildman–Crippen LogP) is 1.41. The van der Waals surface area contributed by atoms with E-state index in [1.54, 1.807) is 0 Å². The van der Waals surface area contributed by atoms with Crippen molar-refractivity contribution in [3.63, 3.8) is 0 Å². The van der Waals surface area contributed by atoms with Crippen LogP contribution >= 0.6 is 0 Å². The minimum absolute atomic E-state index is 0.0894. The van der Waals surface area contributed by atoms with E-state index in [0.717, 1.165) is 43.8 Å². The largest absolute Gasteiger partial charge is 0.484 e. The Morgan fingerprint density at radius 1 is 1.39 bits per heavy atom. The topological polar surface area (TPSA) is 41.6 Å². The quantitative estimate of drug-likeness (QED) is 0.856. The highest BCUT2D eigenvalue weighted by atomic mass is 16.5. The van der Waals surface area contributed by atoms with E-state index in [9.17, 15) is 4.79 Å². The molecule has 0 atom stereocenters. The van der Waals surface area contributed by atoms with Crippen molar-refractivity contribution in [2.75, 3.05) is 26.7 Å². The van der Waals surface area contributed by atoms with E-state index in [4.69, 9.17) is 4.74 Å². The van der Waals surface area contributed by atoms with Crippen LogP contribution in [0.1, 0.15) is 18.4 Å². The Morgan fingerprint density at radius 3 is 2.89 bits per heavy atom. The molecule has 1 aromatic carbocycles. The van der Waals surface area contributed by atoms with E-state index in [1.807, 2.05) is 36.2 Å². The molecule has 0 spiro atoms. The summed E-state index contributed by atoms with van der Waals surface area (Å²) in [6.45, 7) is 2.70. The van der Waals surface area contributed by atoms with Crippen molar-refractivity contribution < 1.29 is 9.53 Å². The summed E-state index contributed by atoms with van der Waals surface area (Å²) in [5.74, 6) is 0.849. The molecule has 1 aliphatic heterocycles. The van der Waals surface area contributed by atoms with Gasteiger partial charge in [0.15, 0.2) is 6.61 Å². The van der Waals surface area contributed by atoms with Crippen LogP contribution in [0.25, 0.3) is 0 Å². The lowest BCUT2D eigenvalue weighted by Gasteiger charge is -2.15. The number of carbonyl (C=O) groups excluding carboxylic acids is 1. The van der Waals surface area contributed by atoms with E-state index in [2.05, 4.69) is 5.32 Å². The average molecular weight is 248 g/mol. The fourth-order valence-electron chi connectivity index (χ4n) is 2.15. The molecule has 1 fully saturated rings. The molecule has 0 aliphatic carbocycles. The highest BCUT2D eigenvalue weighted by molar-refractivity contribution is 5.78. The second-order valence-electron chi connectivity index (χ2n) is 4.55. The molecule has 0 bridgehead atoms. The van der Waals surface area contributed by atoms with Crippen LogP contribution in [0.5, 0.6) is 5.75 Å². The molecule has 0 unspecified atom stereocenters. The van der Waals surface area contributed by atoms with Crippen LogP contribution < -0.4 is 10.1 Å². The van der Waals surface area contributed by atoms with Crippen LogP contribution in [0.2, 0.25) is 0 Å². The van der Waals surface area contributed by atoms with Crippen LogP contribution in [-0.4, -0.2) is 37.6 Å². The van der Waals surface area contributed by atoms with Crippen LogP contribution in [-0.2, 0) is 11.3 Å². The third kappa shape index (κ3) is 3.47. The maximum absolute atomic E-state index is 11.8. The number of hydrogen-bond donors (Lipinski definition) is 1. The van der Waals surface area contributed by atoms with Crippen molar-refractivity contribution in [1.82, 2.24) is 10.2 Å². The van der Waals surface area contributed by atoms with E-state index in [1.165, 1.54) is 0 Å². The predicted molar refractivity (Wildman–Crippen MR) is 70.5 cm³/mol. The Kier molecular flexibility index (Phi) is 4.59. The zero-order chi connectivity index (χ0) is 12.8. The number of ether oxygens (including phenoxy) is 1. The number of rotatable bonds is 5. The first kappa shape index (κ1) is 12.9. The van der Waals surface area contributed by atoms with E-state index >= 15 is 0 Å². The van der Waals surface area contributed by atoms with Crippen molar-refractivity contribution in [3.8, 4) is 5.75 Å². The van der Waals surface area contributed by atoms with Gasteiger partial charge in [0.1, 0.15) is 5.75 Å². The number of likely N-dealkylation sites (tertiary alicyclic amines) is 1. The Bertz CT molecular complexity index is 401. The molecule has 4 nitrogen and oxygen atoms in total. The van der Waals surface area contributed by atoms with Gasteiger partial charge in [0.05, 0.1) is 0 Å². The van der Waals surface area contributed by atoms with Gasteiger partial charge in [-0.1, -0.05) is 12.1 Å². The molecule has 1 N–H and O–H groups in total. The van der Waals surface area contributed by atoms with Crippen molar-refractivity contribution in [1.29, 1.82) is 0 Å². The van der Waals surface area contributed by atoms with Crippen molar-refractivity contribution >= 4 is 5.91 Å². The summed E-state index contributed by atoms with van der Waals surface area (Å²) in [6, 6.07) is 7.83. The van der Waals surface area contributed by atoms with E-state index in [-0.39, 0.29) is 12.5 Å². The van der Waals surface area contributed by atoms with Crippen LogP contribution in [0, 0.1) is 0 Å². The molecule has 4 heteroatoms. The number of carbonyl (C=O) groups is 1. The molecule has 0 radical (unpaired) electrons. The first-order valence-electron chi connectivity index (χ1n) is 6.44. The molecule has 1 aliphatic rings. The maximum atomic E-state index is 11.8. The normalized spacial score (nSPS) is 14.8. The lowest BCUT2D eigenvalue weighted by molar-refractivity contribution is -0.132. The number of benzene rings is 1. The fraction of sp³-hybridized carbons (Fsp3) is 0.500. The smallest absolute Gasteiger partial charge is 0.260 e. The Morgan fingerprint density at radius 2 is 2.17 bits per heavy atom. The number of hydrogen-bond acceptors (Lipinski definition) is 3. The van der Waals surface area contributed by atoms with Crippen LogP contribution in [0.15, 0.2) is 24.3 Å². The number of amides is 1. The summed E-state index contributed by atoms with van der Waals surface area (Å²) in [5.41, 5.74) is 1.16. The highest BCUT2D eigenvalue weighted by Crippen LogP contribution is 2.14. The number of nitrogens with zero attached hydrogens (tertiary/aromatic N) is 1. The second kappa shape index (κ2) is 6.40. The molecule has 18 heavy (non-hydrogen) atoms. The van der Waals surface area contributed by atoms with Gasteiger partial charge in [0.2, 0.25) is 0 Å². The van der Waals surface area contributed by atoms with Gasteiger partial charge in [0, 0.05) is 19.6 Å². The van der Waals surface area contributed by atoms with Gasteiger partial charge in [-0.05, 0) is 37.6 Å². The van der Waals surface area contributed by atoms with Crippen molar-refractivity contribution in [3.05, 3.63) is 29.8 Å². The maximum Gasteiger partial charge on any atom is 0.260 e. The molecule has 0 saturated carbocycles. The number of nitrogens with one attached hydrogen (secondary N) is 1. The van der Waals surface area contributed by atoms with Crippen molar-refractivity contribution in [2.45, 2.75) is 19.4 Å². The minimum atomic E-state index is 0.0894. The van der Waals surface area contributed by atoms with Gasteiger partial charge in [0.25, 0.3) is 5.91 Å². The third-order valence-corrected chi connectivity index (χ3v) is 3.10. The summed E-state index contributed by atoms with van der Waals surface area (Å²) in [4.78, 5) is 13.7. The Balaban J connectivity index is 1.85. The first-order chi connectivity index (χ1) is 8.79. The minimum Gasteiger partial charge on any atom is -0.484 e. The second-order valence-corrected chi connectivity index (χ2v) is 4.55. The molecule has 1 heterocycles. The average Bonchev–Trinajstić information content (AvgIpc) is 2.91. The zero-order valence-electron chi connectivity index (χ0n) is 10.8. The molecular weight excluding hydrogens is 228 g/mol. The molecule has 1 aromatic rings. The molecular formula is C14H20N2O2. The summed E-state index contributed by atoms with van der Waals surface area (Å²) in [5, 5.41) is 3.09. The molecule has 1 amide bonds. The van der Waals surface area contributed by atoms with Gasteiger partial charge in [-0.15, -0.1) is 0 Å². The first-order valence-corrected chi connectivity index (χ1v) is 6.44. The molecule has 1 saturated heterocycles. The highest BCUT2D eigenvalue weighted by Gasteiger charge is 2.17. The zero-order valence-corrected chi connectivity index (χ0v) is 10.8. The monoisotopic (exact) mass is 248 g/mol. The van der Waals surface area contributed by atoms with E-state index < -0.39 is 0 Å². The summed E-state index contributed by atoms with van der Waals surface area (Å²) >= 11 is 0. The van der Waals surface area contributed by atoms with Crippen LogP contribution in [0.3, 0.4) is 0 Å².